The van der Waals surface area contributed by atoms with E-state index in [1.807, 2.05) is 6.07 Å². The highest BCUT2D eigenvalue weighted by Gasteiger charge is 2.24. The van der Waals surface area contributed by atoms with E-state index in [1.165, 1.54) is 0 Å². The number of hydrogen-bond donors (Lipinski definition) is 3. The average molecular weight is 206 g/mol. The molecule has 1 amide bonds. The van der Waals surface area contributed by atoms with Gasteiger partial charge in [-0.2, -0.15) is 0 Å². The molecule has 0 radical (unpaired) electrons. The van der Waals surface area contributed by atoms with Crippen molar-refractivity contribution < 1.29 is 4.79 Å². The van der Waals surface area contributed by atoms with Crippen molar-refractivity contribution in [2.75, 3.05) is 17.2 Å². The number of hydrogen-bond acceptors (Lipinski definition) is 4. The van der Waals surface area contributed by atoms with E-state index in [0.29, 0.717) is 6.54 Å². The van der Waals surface area contributed by atoms with Gasteiger partial charge in [-0.15, -0.1) is 0 Å². The molecule has 0 spiro atoms. The highest BCUT2D eigenvalue weighted by atomic mass is 16.2. The van der Waals surface area contributed by atoms with Crippen molar-refractivity contribution in [3.05, 3.63) is 18.3 Å². The molecule has 0 aliphatic carbocycles. The molecule has 1 aliphatic heterocycles. The van der Waals surface area contributed by atoms with Crippen LogP contribution in [0.3, 0.4) is 0 Å². The Morgan fingerprint density at radius 2 is 2.40 bits per heavy atom. The summed E-state index contributed by atoms with van der Waals surface area (Å²) in [6.45, 7) is 0.598. The molecule has 80 valence electrons. The molecule has 5 heteroatoms. The van der Waals surface area contributed by atoms with Crippen LogP contribution in [0.4, 0.5) is 11.5 Å². The predicted molar refractivity (Wildman–Crippen MR) is 58.6 cm³/mol. The van der Waals surface area contributed by atoms with Crippen molar-refractivity contribution in [3.8, 4) is 0 Å². The summed E-state index contributed by atoms with van der Waals surface area (Å²) in [5.74, 6) is 0.725. The van der Waals surface area contributed by atoms with E-state index in [1.54, 1.807) is 12.3 Å². The first kappa shape index (κ1) is 9.92. The van der Waals surface area contributed by atoms with Crippen LogP contribution in [-0.4, -0.2) is 23.5 Å². The number of anilines is 2. The smallest absolute Gasteiger partial charge is 0.247 e. The molecule has 0 aromatic carbocycles. The van der Waals surface area contributed by atoms with Crippen molar-refractivity contribution >= 4 is 17.4 Å². The van der Waals surface area contributed by atoms with Crippen LogP contribution in [0.15, 0.2) is 18.3 Å². The first-order valence-corrected chi connectivity index (χ1v) is 5.04. The molecule has 0 saturated carbocycles. The fourth-order valence-corrected chi connectivity index (χ4v) is 1.60. The van der Waals surface area contributed by atoms with E-state index in [0.717, 1.165) is 24.3 Å². The van der Waals surface area contributed by atoms with Crippen LogP contribution >= 0.6 is 0 Å². The van der Waals surface area contributed by atoms with Gasteiger partial charge in [0.1, 0.15) is 11.9 Å². The Morgan fingerprint density at radius 1 is 1.53 bits per heavy atom. The minimum absolute atomic E-state index is 0.0102. The monoisotopic (exact) mass is 206 g/mol. The fraction of sp³-hybridized carbons (Fsp3) is 0.400. The van der Waals surface area contributed by atoms with Gasteiger partial charge in [0, 0.05) is 6.20 Å². The second-order valence-electron chi connectivity index (χ2n) is 3.52. The lowest BCUT2D eigenvalue weighted by Gasteiger charge is -2.25. The van der Waals surface area contributed by atoms with Crippen molar-refractivity contribution in [1.29, 1.82) is 0 Å². The normalized spacial score (nSPS) is 19.0. The molecule has 2 rings (SSSR count). The Morgan fingerprint density at radius 3 is 3.20 bits per heavy atom. The van der Waals surface area contributed by atoms with Crippen LogP contribution < -0.4 is 16.4 Å². The Labute approximate surface area is 88.1 Å². The number of nitrogens with two attached hydrogens (primary N) is 1. The molecule has 1 atom stereocenters. The molecule has 1 aliphatic rings. The lowest BCUT2D eigenvalue weighted by atomic mass is 10.1. The maximum Gasteiger partial charge on any atom is 0.247 e. The average Bonchev–Trinajstić information content (AvgIpc) is 2.26. The van der Waals surface area contributed by atoms with Crippen molar-refractivity contribution in [3.63, 3.8) is 0 Å². The third-order valence-electron chi connectivity index (χ3n) is 2.39. The molecule has 0 bridgehead atoms. The highest BCUT2D eigenvalue weighted by Crippen LogP contribution is 2.24. The van der Waals surface area contributed by atoms with E-state index in [4.69, 9.17) is 5.73 Å². The van der Waals surface area contributed by atoms with Crippen LogP contribution in [0.1, 0.15) is 12.8 Å². The molecule has 1 aromatic rings. The van der Waals surface area contributed by atoms with Crippen molar-refractivity contribution in [2.24, 2.45) is 5.73 Å². The van der Waals surface area contributed by atoms with Crippen LogP contribution in [0.5, 0.6) is 0 Å². The first-order chi connectivity index (χ1) is 7.31. The van der Waals surface area contributed by atoms with E-state index < -0.39 is 0 Å². The van der Waals surface area contributed by atoms with Crippen molar-refractivity contribution in [1.82, 2.24) is 4.98 Å². The second kappa shape index (κ2) is 4.27. The van der Waals surface area contributed by atoms with Crippen molar-refractivity contribution in [2.45, 2.75) is 18.9 Å². The van der Waals surface area contributed by atoms with Crippen LogP contribution in [0.2, 0.25) is 0 Å². The zero-order chi connectivity index (χ0) is 10.7. The molecular weight excluding hydrogens is 192 g/mol. The van der Waals surface area contributed by atoms with Crippen LogP contribution in [-0.2, 0) is 4.79 Å². The zero-order valence-corrected chi connectivity index (χ0v) is 8.36. The van der Waals surface area contributed by atoms with Gasteiger partial charge in [0.15, 0.2) is 0 Å². The van der Waals surface area contributed by atoms with Crippen LogP contribution in [0.25, 0.3) is 0 Å². The lowest BCUT2D eigenvalue weighted by molar-refractivity contribution is -0.117. The number of carbonyl (C=O) groups is 1. The Hall–Kier alpha value is -1.62. The maximum atomic E-state index is 11.6. The van der Waals surface area contributed by atoms with Gasteiger partial charge in [-0.3, -0.25) is 4.79 Å². The highest BCUT2D eigenvalue weighted by molar-refractivity contribution is 6.02. The molecule has 15 heavy (non-hydrogen) atoms. The van der Waals surface area contributed by atoms with Gasteiger partial charge in [-0.05, 0) is 31.5 Å². The van der Waals surface area contributed by atoms with E-state index in [2.05, 4.69) is 15.6 Å². The summed E-state index contributed by atoms with van der Waals surface area (Å²) < 4.78 is 0. The van der Waals surface area contributed by atoms with Gasteiger partial charge in [0.25, 0.3) is 0 Å². The molecular formula is C10H14N4O. The lowest BCUT2D eigenvalue weighted by Crippen LogP contribution is -2.39. The largest absolute Gasteiger partial charge is 0.357 e. The molecule has 1 unspecified atom stereocenters. The number of pyridine rings is 1. The molecule has 2 heterocycles. The standard InChI is InChI=1S/C10H14N4O/c11-5-1-3-8-10(15)14-7-4-2-6-12-9(7)13-8/h2,4,6,8H,1,3,5,11H2,(H,12,13)(H,14,15). The fourth-order valence-electron chi connectivity index (χ4n) is 1.60. The summed E-state index contributed by atoms with van der Waals surface area (Å²) >= 11 is 0. The summed E-state index contributed by atoms with van der Waals surface area (Å²) in [4.78, 5) is 15.8. The molecule has 0 fully saturated rings. The van der Waals surface area contributed by atoms with Gasteiger partial charge >= 0.3 is 0 Å². The van der Waals surface area contributed by atoms with E-state index in [9.17, 15) is 4.79 Å². The third-order valence-corrected chi connectivity index (χ3v) is 2.39. The first-order valence-electron chi connectivity index (χ1n) is 5.04. The minimum atomic E-state index is -0.212. The second-order valence-corrected chi connectivity index (χ2v) is 3.52. The summed E-state index contributed by atoms with van der Waals surface area (Å²) in [7, 11) is 0. The molecule has 5 nitrogen and oxygen atoms in total. The number of nitrogens with one attached hydrogen (secondary N) is 2. The number of fused-ring (bicyclic) bond motifs is 1. The van der Waals surface area contributed by atoms with Crippen LogP contribution in [0, 0.1) is 0 Å². The summed E-state index contributed by atoms with van der Waals surface area (Å²) in [5.41, 5.74) is 6.15. The zero-order valence-electron chi connectivity index (χ0n) is 8.36. The summed E-state index contributed by atoms with van der Waals surface area (Å²) in [5, 5.41) is 5.92. The summed E-state index contributed by atoms with van der Waals surface area (Å²) in [6.07, 6.45) is 3.26. The summed E-state index contributed by atoms with van der Waals surface area (Å²) in [6, 6.07) is 3.41. The Kier molecular flexibility index (Phi) is 2.82. The molecule has 0 saturated heterocycles. The topological polar surface area (TPSA) is 80.0 Å². The van der Waals surface area contributed by atoms with Gasteiger partial charge < -0.3 is 16.4 Å². The van der Waals surface area contributed by atoms with Gasteiger partial charge in [-0.25, -0.2) is 4.98 Å². The number of rotatable bonds is 3. The number of carbonyl (C=O) groups excluding carboxylic acids is 1. The SMILES string of the molecule is NCCCC1Nc2ncccc2NC1=O. The molecule has 1 aromatic heterocycles. The Balaban J connectivity index is 2.11. The number of amides is 1. The minimum Gasteiger partial charge on any atom is -0.357 e. The Bertz CT molecular complexity index is 366. The predicted octanol–water partition coefficient (Wildman–Crippen LogP) is 0.553. The molecule has 4 N–H and O–H groups in total. The van der Waals surface area contributed by atoms with E-state index in [-0.39, 0.29) is 11.9 Å². The quantitative estimate of drug-likeness (QED) is 0.674. The van der Waals surface area contributed by atoms with Gasteiger partial charge in [-0.1, -0.05) is 0 Å². The maximum absolute atomic E-state index is 11.6. The van der Waals surface area contributed by atoms with E-state index >= 15 is 0 Å². The van der Waals surface area contributed by atoms with Gasteiger partial charge in [0.05, 0.1) is 5.69 Å². The number of nitrogens with zero attached hydrogens (tertiary/aromatic N) is 1. The number of aromatic nitrogens is 1. The van der Waals surface area contributed by atoms with Gasteiger partial charge in [0.2, 0.25) is 5.91 Å². The third kappa shape index (κ3) is 2.07.